The summed E-state index contributed by atoms with van der Waals surface area (Å²) in [4.78, 5) is 11.0. The number of nitrogens with zero attached hydrogens (tertiary/aromatic N) is 2. The summed E-state index contributed by atoms with van der Waals surface area (Å²) in [5.74, 6) is 0.113. The molecule has 5 nitrogen and oxygen atoms in total. The van der Waals surface area contributed by atoms with Gasteiger partial charge in [0.05, 0.1) is 18.7 Å². The number of nitrogens with one attached hydrogen (secondary N) is 1. The highest BCUT2D eigenvalue weighted by atomic mass is 35.5. The van der Waals surface area contributed by atoms with Crippen molar-refractivity contribution in [3.63, 3.8) is 0 Å². The largest absolute Gasteiger partial charge is 0.481 e. The number of benzene rings is 1. The molecule has 1 heterocycles. The van der Waals surface area contributed by atoms with Crippen LogP contribution in [0.4, 0.5) is 5.82 Å². The van der Waals surface area contributed by atoms with E-state index >= 15 is 0 Å². The van der Waals surface area contributed by atoms with Gasteiger partial charge >= 0.3 is 5.97 Å². The average molecular weight is 334 g/mol. The van der Waals surface area contributed by atoms with Gasteiger partial charge in [0, 0.05) is 17.1 Å². The summed E-state index contributed by atoms with van der Waals surface area (Å²) < 4.78 is 1.92. The molecular formula is C17H20ClN3O2. The molecule has 0 saturated heterocycles. The first-order chi connectivity index (χ1) is 11.1. The van der Waals surface area contributed by atoms with Crippen LogP contribution in [0.2, 0.25) is 5.02 Å². The molecule has 6 heteroatoms. The van der Waals surface area contributed by atoms with E-state index in [0.717, 1.165) is 42.1 Å². The lowest BCUT2D eigenvalue weighted by Gasteiger charge is -2.27. The summed E-state index contributed by atoms with van der Waals surface area (Å²) in [5.41, 5.74) is 1.13. The number of halogens is 1. The minimum Gasteiger partial charge on any atom is -0.481 e. The third kappa shape index (κ3) is 4.05. The van der Waals surface area contributed by atoms with Gasteiger partial charge in [0.25, 0.3) is 0 Å². The molecule has 23 heavy (non-hydrogen) atoms. The Hall–Kier alpha value is -2.01. The summed E-state index contributed by atoms with van der Waals surface area (Å²) in [6.45, 7) is 0.678. The van der Waals surface area contributed by atoms with E-state index in [4.69, 9.17) is 16.7 Å². The monoisotopic (exact) mass is 333 g/mol. The molecule has 2 aromatic rings. The predicted molar refractivity (Wildman–Crippen MR) is 89.8 cm³/mol. The Labute approximate surface area is 140 Å². The van der Waals surface area contributed by atoms with E-state index in [1.807, 2.05) is 35.0 Å². The van der Waals surface area contributed by atoms with Crippen LogP contribution in [-0.4, -0.2) is 26.9 Å². The Bertz CT molecular complexity index is 661. The third-order valence-corrected chi connectivity index (χ3v) is 4.64. The minimum atomic E-state index is -0.670. The lowest BCUT2D eigenvalue weighted by molar-refractivity contribution is -0.142. The molecular weight excluding hydrogens is 314 g/mol. The second kappa shape index (κ2) is 7.04. The van der Waals surface area contributed by atoms with E-state index in [1.54, 1.807) is 6.20 Å². The predicted octanol–water partition coefficient (Wildman–Crippen LogP) is 3.64. The van der Waals surface area contributed by atoms with Crippen molar-refractivity contribution in [2.24, 2.45) is 5.92 Å². The van der Waals surface area contributed by atoms with Crippen molar-refractivity contribution in [2.45, 2.75) is 38.3 Å². The SMILES string of the molecule is O=C(O)C1CCC(Nc2ccnn2Cc2ccc(Cl)cc2)CC1. The van der Waals surface area contributed by atoms with E-state index in [9.17, 15) is 4.79 Å². The zero-order valence-electron chi connectivity index (χ0n) is 12.8. The maximum Gasteiger partial charge on any atom is 0.306 e. The van der Waals surface area contributed by atoms with Crippen LogP contribution in [0.5, 0.6) is 0 Å². The molecule has 1 saturated carbocycles. The summed E-state index contributed by atoms with van der Waals surface area (Å²) in [6.07, 6.45) is 5.00. The smallest absolute Gasteiger partial charge is 0.306 e. The summed E-state index contributed by atoms with van der Waals surface area (Å²) >= 11 is 5.91. The number of carboxylic acids is 1. The molecule has 1 aliphatic rings. The molecule has 0 aliphatic heterocycles. The number of aromatic nitrogens is 2. The number of aliphatic carboxylic acids is 1. The molecule has 0 amide bonds. The van der Waals surface area contributed by atoms with Crippen molar-refractivity contribution in [2.75, 3.05) is 5.32 Å². The molecule has 0 spiro atoms. The minimum absolute atomic E-state index is 0.188. The highest BCUT2D eigenvalue weighted by molar-refractivity contribution is 6.30. The van der Waals surface area contributed by atoms with E-state index in [2.05, 4.69) is 10.4 Å². The average Bonchev–Trinajstić information content (AvgIpc) is 2.97. The van der Waals surface area contributed by atoms with Gasteiger partial charge in [-0.3, -0.25) is 4.79 Å². The van der Waals surface area contributed by atoms with Crippen molar-refractivity contribution in [3.8, 4) is 0 Å². The van der Waals surface area contributed by atoms with Crippen LogP contribution in [0.25, 0.3) is 0 Å². The standard InChI is InChI=1S/C17H20ClN3O2/c18-14-5-1-12(2-6-14)11-21-16(9-10-19-21)20-15-7-3-13(4-8-15)17(22)23/h1-2,5-6,9-10,13,15,20H,3-4,7-8,11H2,(H,22,23). The first kappa shape index (κ1) is 15.9. The van der Waals surface area contributed by atoms with Crippen LogP contribution in [0.3, 0.4) is 0 Å². The molecule has 1 aromatic carbocycles. The van der Waals surface area contributed by atoms with E-state index in [-0.39, 0.29) is 5.92 Å². The zero-order valence-corrected chi connectivity index (χ0v) is 13.5. The van der Waals surface area contributed by atoms with Gasteiger partial charge in [-0.1, -0.05) is 23.7 Å². The third-order valence-electron chi connectivity index (χ3n) is 4.39. The second-order valence-electron chi connectivity index (χ2n) is 6.03. The molecule has 0 bridgehead atoms. The van der Waals surface area contributed by atoms with Gasteiger partial charge in [-0.15, -0.1) is 0 Å². The van der Waals surface area contributed by atoms with Crippen LogP contribution in [-0.2, 0) is 11.3 Å². The summed E-state index contributed by atoms with van der Waals surface area (Å²) in [7, 11) is 0. The first-order valence-corrected chi connectivity index (χ1v) is 8.25. The van der Waals surface area contributed by atoms with Gasteiger partial charge in [0.1, 0.15) is 5.82 Å². The molecule has 1 aromatic heterocycles. The lowest BCUT2D eigenvalue weighted by Crippen LogP contribution is -2.30. The Balaban J connectivity index is 1.60. The maximum absolute atomic E-state index is 11.0. The van der Waals surface area contributed by atoms with Crippen LogP contribution < -0.4 is 5.32 Å². The van der Waals surface area contributed by atoms with Crippen LogP contribution >= 0.6 is 11.6 Å². The van der Waals surface area contributed by atoms with E-state index in [1.165, 1.54) is 0 Å². The van der Waals surface area contributed by atoms with E-state index < -0.39 is 5.97 Å². The summed E-state index contributed by atoms with van der Waals surface area (Å²) in [5, 5.41) is 17.7. The number of rotatable bonds is 5. The fourth-order valence-electron chi connectivity index (χ4n) is 3.04. The Morgan fingerprint density at radius 2 is 1.91 bits per heavy atom. The normalized spacial score (nSPS) is 21.1. The van der Waals surface area contributed by atoms with Crippen molar-refractivity contribution >= 4 is 23.4 Å². The van der Waals surface area contributed by atoms with Gasteiger partial charge in [-0.05, 0) is 43.4 Å². The number of anilines is 1. The van der Waals surface area contributed by atoms with Crippen LogP contribution in [0.15, 0.2) is 36.5 Å². The van der Waals surface area contributed by atoms with E-state index in [0.29, 0.717) is 12.6 Å². The van der Waals surface area contributed by atoms with Crippen LogP contribution in [0.1, 0.15) is 31.2 Å². The fraction of sp³-hybridized carbons (Fsp3) is 0.412. The molecule has 3 rings (SSSR count). The van der Waals surface area contributed by atoms with Crippen LogP contribution in [0, 0.1) is 5.92 Å². The molecule has 0 unspecified atom stereocenters. The van der Waals surface area contributed by atoms with Crippen molar-refractivity contribution in [3.05, 3.63) is 47.1 Å². The molecule has 122 valence electrons. The highest BCUT2D eigenvalue weighted by Gasteiger charge is 2.26. The van der Waals surface area contributed by atoms with Crippen molar-refractivity contribution < 1.29 is 9.90 Å². The van der Waals surface area contributed by atoms with Gasteiger partial charge in [0.15, 0.2) is 0 Å². The van der Waals surface area contributed by atoms with Crippen molar-refractivity contribution in [1.29, 1.82) is 0 Å². The number of hydrogen-bond acceptors (Lipinski definition) is 3. The molecule has 0 radical (unpaired) electrons. The number of hydrogen-bond donors (Lipinski definition) is 2. The molecule has 1 fully saturated rings. The molecule has 1 aliphatic carbocycles. The fourth-order valence-corrected chi connectivity index (χ4v) is 3.16. The Kier molecular flexibility index (Phi) is 4.86. The quantitative estimate of drug-likeness (QED) is 0.876. The van der Waals surface area contributed by atoms with Gasteiger partial charge in [-0.25, -0.2) is 4.68 Å². The highest BCUT2D eigenvalue weighted by Crippen LogP contribution is 2.27. The second-order valence-corrected chi connectivity index (χ2v) is 6.47. The van der Waals surface area contributed by atoms with Gasteiger partial charge in [-0.2, -0.15) is 5.10 Å². The zero-order chi connectivity index (χ0) is 16.2. The molecule has 2 N–H and O–H groups in total. The Morgan fingerprint density at radius 1 is 1.22 bits per heavy atom. The van der Waals surface area contributed by atoms with Gasteiger partial charge < -0.3 is 10.4 Å². The molecule has 0 atom stereocenters. The lowest BCUT2D eigenvalue weighted by atomic mass is 9.86. The number of carbonyl (C=O) groups is 1. The Morgan fingerprint density at radius 3 is 2.57 bits per heavy atom. The van der Waals surface area contributed by atoms with Gasteiger partial charge in [0.2, 0.25) is 0 Å². The number of carboxylic acid groups (broad SMARTS) is 1. The first-order valence-electron chi connectivity index (χ1n) is 7.87. The van der Waals surface area contributed by atoms with Crippen molar-refractivity contribution in [1.82, 2.24) is 9.78 Å². The summed E-state index contributed by atoms with van der Waals surface area (Å²) in [6, 6.07) is 10.0. The maximum atomic E-state index is 11.0. The topological polar surface area (TPSA) is 67.2 Å².